The van der Waals surface area contributed by atoms with E-state index in [9.17, 15) is 0 Å². The molecule has 0 bridgehead atoms. The van der Waals surface area contributed by atoms with Gasteiger partial charge in [0.1, 0.15) is 0 Å². The van der Waals surface area contributed by atoms with E-state index in [0.29, 0.717) is 0 Å². The number of nitrogens with one attached hydrogen (secondary N) is 2. The van der Waals surface area contributed by atoms with Crippen LogP contribution in [-0.2, 0) is 0 Å². The monoisotopic (exact) mass is 226 g/mol. The normalized spacial score (nSPS) is 23.2. The summed E-state index contributed by atoms with van der Waals surface area (Å²) < 4.78 is 0. The van der Waals surface area contributed by atoms with Crippen molar-refractivity contribution in [3.05, 3.63) is 0 Å². The Bertz CT molecular complexity index is 215. The molecule has 1 rings (SSSR count). The summed E-state index contributed by atoms with van der Waals surface area (Å²) in [6.45, 7) is 5.83. The Morgan fingerprint density at radius 3 is 2.88 bits per heavy atom. The highest BCUT2D eigenvalue weighted by Crippen LogP contribution is 2.15. The summed E-state index contributed by atoms with van der Waals surface area (Å²) in [4.78, 5) is 6.69. The molecule has 1 unspecified atom stereocenters. The summed E-state index contributed by atoms with van der Waals surface area (Å²) >= 11 is 0. The molecule has 0 saturated carbocycles. The van der Waals surface area contributed by atoms with Gasteiger partial charge in [0.25, 0.3) is 0 Å². The lowest BCUT2D eigenvalue weighted by molar-refractivity contribution is 0.159. The van der Waals surface area contributed by atoms with E-state index >= 15 is 0 Å². The van der Waals surface area contributed by atoms with Gasteiger partial charge in [-0.1, -0.05) is 6.42 Å². The van der Waals surface area contributed by atoms with Gasteiger partial charge in [-0.25, -0.2) is 0 Å². The van der Waals surface area contributed by atoms with Gasteiger partial charge in [-0.2, -0.15) is 0 Å². The maximum Gasteiger partial charge on any atom is 0.190 e. The summed E-state index contributed by atoms with van der Waals surface area (Å²) in [5.41, 5.74) is 0. The third kappa shape index (κ3) is 4.39. The zero-order valence-electron chi connectivity index (χ0n) is 10.9. The second-order valence-electron chi connectivity index (χ2n) is 4.48. The van der Waals surface area contributed by atoms with E-state index in [1.54, 1.807) is 7.05 Å². The molecule has 0 aromatic heterocycles. The molecule has 0 spiro atoms. The molecule has 0 aromatic carbocycles. The maximum absolute atomic E-state index is 4.09. The SMILES string of the molecule is CN=C(NC)NCCCN1CCCCC1C. The fourth-order valence-corrected chi connectivity index (χ4v) is 2.26. The Kier molecular flexibility index (Phi) is 6.23. The molecule has 1 aliphatic heterocycles. The molecule has 94 valence electrons. The summed E-state index contributed by atoms with van der Waals surface area (Å²) in [5, 5.41) is 6.31. The standard InChI is InChI=1S/C12H26N4/c1-11-7-4-5-9-16(11)10-6-8-15-12(13-2)14-3/h11H,4-10H2,1-3H3,(H2,13,14,15). The summed E-state index contributed by atoms with van der Waals surface area (Å²) in [5.74, 6) is 0.881. The minimum atomic E-state index is 0.775. The van der Waals surface area contributed by atoms with Crippen molar-refractivity contribution in [1.82, 2.24) is 15.5 Å². The summed E-state index contributed by atoms with van der Waals surface area (Å²) in [6.07, 6.45) is 5.33. The molecule has 0 aliphatic carbocycles. The number of likely N-dealkylation sites (tertiary alicyclic amines) is 1. The average Bonchev–Trinajstić information content (AvgIpc) is 2.31. The highest BCUT2D eigenvalue weighted by molar-refractivity contribution is 5.79. The third-order valence-corrected chi connectivity index (χ3v) is 3.32. The fourth-order valence-electron chi connectivity index (χ4n) is 2.26. The maximum atomic E-state index is 4.09. The first-order valence-corrected chi connectivity index (χ1v) is 6.40. The van der Waals surface area contributed by atoms with Gasteiger partial charge in [0.2, 0.25) is 0 Å². The van der Waals surface area contributed by atoms with E-state index in [0.717, 1.165) is 18.5 Å². The zero-order chi connectivity index (χ0) is 11.8. The van der Waals surface area contributed by atoms with E-state index in [1.165, 1.54) is 38.8 Å². The predicted octanol–water partition coefficient (Wildman–Crippen LogP) is 1.05. The van der Waals surface area contributed by atoms with Gasteiger partial charge in [0.15, 0.2) is 5.96 Å². The third-order valence-electron chi connectivity index (χ3n) is 3.32. The lowest BCUT2D eigenvalue weighted by Crippen LogP contribution is -2.40. The van der Waals surface area contributed by atoms with Crippen LogP contribution in [0.15, 0.2) is 4.99 Å². The average molecular weight is 226 g/mol. The molecule has 1 aliphatic rings. The molecular formula is C12H26N4. The van der Waals surface area contributed by atoms with Crippen LogP contribution in [0.5, 0.6) is 0 Å². The smallest absolute Gasteiger partial charge is 0.190 e. The van der Waals surface area contributed by atoms with Crippen molar-refractivity contribution in [1.29, 1.82) is 0 Å². The van der Waals surface area contributed by atoms with E-state index in [-0.39, 0.29) is 0 Å². The predicted molar refractivity (Wildman–Crippen MR) is 69.9 cm³/mol. The van der Waals surface area contributed by atoms with Crippen LogP contribution in [0, 0.1) is 0 Å². The lowest BCUT2D eigenvalue weighted by atomic mass is 10.0. The number of hydrogen-bond donors (Lipinski definition) is 2. The van der Waals surface area contributed by atoms with E-state index in [2.05, 4.69) is 27.4 Å². The number of guanidine groups is 1. The van der Waals surface area contributed by atoms with Gasteiger partial charge in [0, 0.05) is 33.2 Å². The van der Waals surface area contributed by atoms with Crippen molar-refractivity contribution < 1.29 is 0 Å². The van der Waals surface area contributed by atoms with E-state index in [4.69, 9.17) is 0 Å². The largest absolute Gasteiger partial charge is 0.359 e. The first-order chi connectivity index (χ1) is 7.77. The molecule has 1 fully saturated rings. The van der Waals surface area contributed by atoms with Gasteiger partial charge < -0.3 is 15.5 Å². The van der Waals surface area contributed by atoms with Gasteiger partial charge in [-0.05, 0) is 32.7 Å². The van der Waals surface area contributed by atoms with E-state index < -0.39 is 0 Å². The van der Waals surface area contributed by atoms with Gasteiger partial charge in [-0.15, -0.1) is 0 Å². The molecule has 0 aromatic rings. The van der Waals surface area contributed by atoms with Crippen molar-refractivity contribution in [2.24, 2.45) is 4.99 Å². The number of nitrogens with zero attached hydrogens (tertiary/aromatic N) is 2. The van der Waals surface area contributed by atoms with E-state index in [1.807, 2.05) is 7.05 Å². The first kappa shape index (κ1) is 13.3. The van der Waals surface area contributed by atoms with Gasteiger partial charge in [-0.3, -0.25) is 4.99 Å². The highest BCUT2D eigenvalue weighted by Gasteiger charge is 2.16. The molecule has 0 amide bonds. The van der Waals surface area contributed by atoms with Crippen LogP contribution in [0.2, 0.25) is 0 Å². The van der Waals surface area contributed by atoms with Crippen LogP contribution in [0.25, 0.3) is 0 Å². The Morgan fingerprint density at radius 1 is 1.44 bits per heavy atom. The van der Waals surface area contributed by atoms with Crippen molar-refractivity contribution in [3.63, 3.8) is 0 Å². The molecule has 4 heteroatoms. The quantitative estimate of drug-likeness (QED) is 0.427. The van der Waals surface area contributed by atoms with Crippen LogP contribution < -0.4 is 10.6 Å². The molecule has 1 saturated heterocycles. The van der Waals surface area contributed by atoms with Crippen LogP contribution in [0.1, 0.15) is 32.6 Å². The Morgan fingerprint density at radius 2 is 2.25 bits per heavy atom. The minimum absolute atomic E-state index is 0.775. The summed E-state index contributed by atoms with van der Waals surface area (Å²) in [6, 6.07) is 0.775. The van der Waals surface area contributed by atoms with Crippen LogP contribution in [0.3, 0.4) is 0 Å². The molecule has 16 heavy (non-hydrogen) atoms. The van der Waals surface area contributed by atoms with Crippen LogP contribution in [0.4, 0.5) is 0 Å². The lowest BCUT2D eigenvalue weighted by Gasteiger charge is -2.33. The van der Waals surface area contributed by atoms with Gasteiger partial charge in [0.05, 0.1) is 0 Å². The van der Waals surface area contributed by atoms with Crippen molar-refractivity contribution in [2.75, 3.05) is 33.7 Å². The van der Waals surface area contributed by atoms with Crippen LogP contribution >= 0.6 is 0 Å². The number of piperidine rings is 1. The topological polar surface area (TPSA) is 39.7 Å². The first-order valence-electron chi connectivity index (χ1n) is 6.40. The van der Waals surface area contributed by atoms with Crippen molar-refractivity contribution >= 4 is 5.96 Å². The Hall–Kier alpha value is -0.770. The zero-order valence-corrected chi connectivity index (χ0v) is 10.9. The van der Waals surface area contributed by atoms with Crippen molar-refractivity contribution in [2.45, 2.75) is 38.6 Å². The molecule has 4 nitrogen and oxygen atoms in total. The van der Waals surface area contributed by atoms with Crippen molar-refractivity contribution in [3.8, 4) is 0 Å². The Balaban J connectivity index is 2.10. The highest BCUT2D eigenvalue weighted by atomic mass is 15.2. The molecule has 0 radical (unpaired) electrons. The second kappa shape index (κ2) is 7.49. The fraction of sp³-hybridized carbons (Fsp3) is 0.917. The molecular weight excluding hydrogens is 200 g/mol. The number of hydrogen-bond acceptors (Lipinski definition) is 2. The second-order valence-corrected chi connectivity index (χ2v) is 4.48. The van der Waals surface area contributed by atoms with Crippen LogP contribution in [-0.4, -0.2) is 50.6 Å². The van der Waals surface area contributed by atoms with Gasteiger partial charge >= 0.3 is 0 Å². The Labute approximate surface area is 99.5 Å². The summed E-state index contributed by atoms with van der Waals surface area (Å²) in [7, 11) is 3.69. The molecule has 1 heterocycles. The number of aliphatic imine (C=N–C) groups is 1. The molecule has 1 atom stereocenters. The molecule has 2 N–H and O–H groups in total. The number of rotatable bonds is 4. The minimum Gasteiger partial charge on any atom is -0.359 e.